The number of rotatable bonds is 4. The largest absolute Gasteiger partial charge is 0.355 e. The highest BCUT2D eigenvalue weighted by atomic mass is 32.2. The second kappa shape index (κ2) is 6.29. The lowest BCUT2D eigenvalue weighted by Gasteiger charge is -2.30. The molecular weight excluding hydrogens is 246 g/mol. The van der Waals surface area contributed by atoms with Gasteiger partial charge in [-0.1, -0.05) is 13.0 Å². The van der Waals surface area contributed by atoms with Crippen LogP contribution in [0.15, 0.2) is 18.3 Å². The second-order valence-corrected chi connectivity index (χ2v) is 6.23. The molecule has 100 valence electrons. The molecule has 1 saturated heterocycles. The highest BCUT2D eigenvalue weighted by molar-refractivity contribution is 7.85. The zero-order chi connectivity index (χ0) is 13.0. The molecule has 1 aliphatic rings. The first-order valence-electron chi connectivity index (χ1n) is 6.50. The summed E-state index contributed by atoms with van der Waals surface area (Å²) in [4.78, 5) is 6.77. The summed E-state index contributed by atoms with van der Waals surface area (Å²) < 4.78 is 11.4. The Balaban J connectivity index is 2.19. The Morgan fingerprint density at radius 3 is 2.89 bits per heavy atom. The molecule has 2 rings (SSSR count). The van der Waals surface area contributed by atoms with E-state index in [-0.39, 0.29) is 0 Å². The number of pyridine rings is 1. The average molecular weight is 267 g/mol. The molecule has 2 heterocycles. The predicted molar refractivity (Wildman–Crippen MR) is 76.4 cm³/mol. The van der Waals surface area contributed by atoms with Crippen molar-refractivity contribution in [2.24, 2.45) is 0 Å². The van der Waals surface area contributed by atoms with Gasteiger partial charge in [0.1, 0.15) is 5.82 Å². The predicted octanol–water partition coefficient (Wildman–Crippen LogP) is 1.32. The van der Waals surface area contributed by atoms with E-state index in [0.717, 1.165) is 37.0 Å². The van der Waals surface area contributed by atoms with E-state index in [1.807, 2.05) is 12.3 Å². The molecule has 1 aromatic rings. The first kappa shape index (κ1) is 13.5. The van der Waals surface area contributed by atoms with Crippen molar-refractivity contribution in [1.82, 2.24) is 10.3 Å². The van der Waals surface area contributed by atoms with Crippen LogP contribution in [0.1, 0.15) is 25.5 Å². The van der Waals surface area contributed by atoms with E-state index in [0.29, 0.717) is 6.04 Å². The molecule has 0 bridgehead atoms. The van der Waals surface area contributed by atoms with Gasteiger partial charge in [-0.25, -0.2) is 4.98 Å². The minimum atomic E-state index is -0.640. The number of hydrogen-bond acceptors (Lipinski definition) is 4. The minimum Gasteiger partial charge on any atom is -0.355 e. The van der Waals surface area contributed by atoms with E-state index in [1.165, 1.54) is 5.56 Å². The molecule has 18 heavy (non-hydrogen) atoms. The third kappa shape index (κ3) is 3.09. The maximum atomic E-state index is 11.4. The fourth-order valence-corrected chi connectivity index (χ4v) is 3.33. The molecule has 1 atom stereocenters. The molecule has 0 amide bonds. The van der Waals surface area contributed by atoms with E-state index < -0.39 is 10.8 Å². The zero-order valence-corrected chi connectivity index (χ0v) is 11.9. The van der Waals surface area contributed by atoms with Crippen LogP contribution in [0.25, 0.3) is 0 Å². The van der Waals surface area contributed by atoms with Gasteiger partial charge in [-0.2, -0.15) is 0 Å². The van der Waals surface area contributed by atoms with Crippen LogP contribution < -0.4 is 10.2 Å². The summed E-state index contributed by atoms with van der Waals surface area (Å²) in [6, 6.07) is 4.40. The molecule has 0 spiro atoms. The standard InChI is InChI=1S/C13H21N3OS/c1-3-14-11(2)12-5-4-6-15-13(12)16-7-9-18(17)10-8-16/h4-6,11,14H,3,7-10H2,1-2H3. The number of nitrogens with zero attached hydrogens (tertiary/aromatic N) is 2. The van der Waals surface area contributed by atoms with Crippen molar-refractivity contribution in [2.75, 3.05) is 36.0 Å². The van der Waals surface area contributed by atoms with Crippen LogP contribution in [-0.2, 0) is 10.8 Å². The summed E-state index contributed by atoms with van der Waals surface area (Å²) in [5.41, 5.74) is 1.23. The lowest BCUT2D eigenvalue weighted by atomic mass is 10.1. The van der Waals surface area contributed by atoms with Gasteiger partial charge in [-0.3, -0.25) is 4.21 Å². The van der Waals surface area contributed by atoms with Gasteiger partial charge in [-0.05, 0) is 19.5 Å². The van der Waals surface area contributed by atoms with Gasteiger partial charge >= 0.3 is 0 Å². The maximum Gasteiger partial charge on any atom is 0.133 e. The van der Waals surface area contributed by atoms with Crippen LogP contribution in [0.2, 0.25) is 0 Å². The molecule has 5 heteroatoms. The van der Waals surface area contributed by atoms with Crippen molar-refractivity contribution < 1.29 is 4.21 Å². The van der Waals surface area contributed by atoms with E-state index in [1.54, 1.807) is 0 Å². The van der Waals surface area contributed by atoms with Crippen LogP contribution >= 0.6 is 0 Å². The fourth-order valence-electron chi connectivity index (χ4n) is 2.28. The minimum absolute atomic E-state index is 0.297. The van der Waals surface area contributed by atoms with Crippen molar-refractivity contribution in [3.8, 4) is 0 Å². The first-order chi connectivity index (χ1) is 8.72. The molecule has 0 saturated carbocycles. The van der Waals surface area contributed by atoms with E-state index >= 15 is 0 Å². The van der Waals surface area contributed by atoms with Crippen LogP contribution in [0.5, 0.6) is 0 Å². The quantitative estimate of drug-likeness (QED) is 0.894. The van der Waals surface area contributed by atoms with Gasteiger partial charge < -0.3 is 10.2 Å². The first-order valence-corrected chi connectivity index (χ1v) is 7.99. The fraction of sp³-hybridized carbons (Fsp3) is 0.615. The van der Waals surface area contributed by atoms with Crippen molar-refractivity contribution in [3.05, 3.63) is 23.9 Å². The summed E-state index contributed by atoms with van der Waals surface area (Å²) >= 11 is 0. The topological polar surface area (TPSA) is 45.2 Å². The molecule has 1 fully saturated rings. The monoisotopic (exact) mass is 267 g/mol. The maximum absolute atomic E-state index is 11.4. The number of anilines is 1. The highest BCUT2D eigenvalue weighted by Gasteiger charge is 2.20. The Morgan fingerprint density at radius 1 is 1.50 bits per heavy atom. The van der Waals surface area contributed by atoms with E-state index in [9.17, 15) is 4.21 Å². The molecule has 4 nitrogen and oxygen atoms in total. The van der Waals surface area contributed by atoms with Crippen molar-refractivity contribution in [2.45, 2.75) is 19.9 Å². The molecule has 0 radical (unpaired) electrons. The molecule has 1 unspecified atom stereocenters. The second-order valence-electron chi connectivity index (χ2n) is 4.53. The molecular formula is C13H21N3OS. The van der Waals surface area contributed by atoms with Gasteiger partial charge in [0.2, 0.25) is 0 Å². The summed E-state index contributed by atoms with van der Waals surface area (Å²) in [6.07, 6.45) is 1.84. The van der Waals surface area contributed by atoms with Crippen molar-refractivity contribution in [3.63, 3.8) is 0 Å². The smallest absolute Gasteiger partial charge is 0.133 e. The van der Waals surface area contributed by atoms with Crippen LogP contribution in [0.4, 0.5) is 5.82 Å². The van der Waals surface area contributed by atoms with Gasteiger partial charge in [0.15, 0.2) is 0 Å². The van der Waals surface area contributed by atoms with Gasteiger partial charge in [0, 0.05) is 53.2 Å². The normalized spacial score (nSPS) is 18.9. The summed E-state index contributed by atoms with van der Waals surface area (Å²) in [5, 5.41) is 3.42. The number of nitrogens with one attached hydrogen (secondary N) is 1. The Hall–Kier alpha value is -0.940. The summed E-state index contributed by atoms with van der Waals surface area (Å²) in [5.74, 6) is 2.56. The van der Waals surface area contributed by atoms with Crippen molar-refractivity contribution in [1.29, 1.82) is 0 Å². The summed E-state index contributed by atoms with van der Waals surface area (Å²) in [6.45, 7) is 6.90. The molecule has 0 aromatic carbocycles. The Bertz CT molecular complexity index is 414. The Labute approximate surface area is 111 Å². The molecule has 1 aliphatic heterocycles. The van der Waals surface area contributed by atoms with Crippen LogP contribution in [0.3, 0.4) is 0 Å². The SMILES string of the molecule is CCNC(C)c1cccnc1N1CCS(=O)CC1. The third-order valence-corrected chi connectivity index (χ3v) is 4.55. The number of aromatic nitrogens is 1. The number of hydrogen-bond donors (Lipinski definition) is 1. The van der Waals surface area contributed by atoms with Crippen molar-refractivity contribution >= 4 is 16.6 Å². The summed E-state index contributed by atoms with van der Waals surface area (Å²) in [7, 11) is -0.640. The average Bonchev–Trinajstić information content (AvgIpc) is 2.40. The van der Waals surface area contributed by atoms with Gasteiger partial charge in [0.05, 0.1) is 0 Å². The van der Waals surface area contributed by atoms with Crippen LogP contribution in [0, 0.1) is 0 Å². The Kier molecular flexibility index (Phi) is 4.72. The lowest BCUT2D eigenvalue weighted by molar-refractivity contribution is 0.593. The molecule has 1 N–H and O–H groups in total. The lowest BCUT2D eigenvalue weighted by Crippen LogP contribution is -2.39. The van der Waals surface area contributed by atoms with Gasteiger partial charge in [0.25, 0.3) is 0 Å². The van der Waals surface area contributed by atoms with Gasteiger partial charge in [-0.15, -0.1) is 0 Å². The third-order valence-electron chi connectivity index (χ3n) is 3.27. The molecule has 0 aliphatic carbocycles. The molecule has 1 aromatic heterocycles. The Morgan fingerprint density at radius 2 is 2.22 bits per heavy atom. The van der Waals surface area contributed by atoms with E-state index in [2.05, 4.69) is 35.1 Å². The zero-order valence-electron chi connectivity index (χ0n) is 11.1. The van der Waals surface area contributed by atoms with Crippen LogP contribution in [-0.4, -0.2) is 40.3 Å². The highest BCUT2D eigenvalue weighted by Crippen LogP contribution is 2.24. The van der Waals surface area contributed by atoms with E-state index in [4.69, 9.17) is 0 Å².